The molecule has 1 aliphatic heterocycles. The van der Waals surface area contributed by atoms with Crippen LogP contribution in [0.15, 0.2) is 24.3 Å². The number of hydrogen-bond acceptors (Lipinski definition) is 5. The van der Waals surface area contributed by atoms with Crippen LogP contribution < -0.4 is 10.6 Å². The van der Waals surface area contributed by atoms with Gasteiger partial charge in [-0.15, -0.1) is 0 Å². The third kappa shape index (κ3) is 6.62. The van der Waals surface area contributed by atoms with Gasteiger partial charge in [0.15, 0.2) is 0 Å². The normalized spacial score (nSPS) is 17.3. The highest BCUT2D eigenvalue weighted by molar-refractivity contribution is 5.80. The monoisotopic (exact) mass is 373 g/mol. The SMILES string of the molecule is CC(C)(C)OC(=O)N[C@H](C#Cc1ccc([N+](=O)[O-])cc1)C[C@@H]1CCNC1=O. The lowest BCUT2D eigenvalue weighted by Gasteiger charge is -2.22. The molecule has 0 bridgehead atoms. The number of carbonyl (C=O) groups excluding carboxylic acids is 2. The maximum Gasteiger partial charge on any atom is 0.408 e. The average molecular weight is 373 g/mol. The van der Waals surface area contributed by atoms with E-state index in [2.05, 4.69) is 22.5 Å². The number of nitrogens with one attached hydrogen (secondary N) is 2. The predicted molar refractivity (Wildman–Crippen MR) is 98.9 cm³/mol. The Bertz CT molecular complexity index is 771. The molecule has 2 rings (SSSR count). The number of amides is 2. The van der Waals surface area contributed by atoms with E-state index in [9.17, 15) is 19.7 Å². The van der Waals surface area contributed by atoms with E-state index < -0.39 is 22.7 Å². The van der Waals surface area contributed by atoms with Gasteiger partial charge in [-0.25, -0.2) is 4.79 Å². The fourth-order valence-corrected chi connectivity index (χ4v) is 2.60. The van der Waals surface area contributed by atoms with E-state index in [-0.39, 0.29) is 17.5 Å². The van der Waals surface area contributed by atoms with Crippen molar-refractivity contribution in [2.75, 3.05) is 6.54 Å². The first-order valence-electron chi connectivity index (χ1n) is 8.67. The van der Waals surface area contributed by atoms with Crippen molar-refractivity contribution in [3.8, 4) is 11.8 Å². The van der Waals surface area contributed by atoms with Crippen molar-refractivity contribution in [2.24, 2.45) is 5.92 Å². The number of alkyl carbamates (subject to hydrolysis) is 1. The number of rotatable bonds is 4. The van der Waals surface area contributed by atoms with E-state index in [1.165, 1.54) is 24.3 Å². The number of hydrogen-bond donors (Lipinski definition) is 2. The van der Waals surface area contributed by atoms with Crippen molar-refractivity contribution in [1.29, 1.82) is 0 Å². The molecule has 8 heteroatoms. The van der Waals surface area contributed by atoms with Crippen molar-refractivity contribution < 1.29 is 19.2 Å². The largest absolute Gasteiger partial charge is 0.444 e. The molecule has 1 aliphatic rings. The molecule has 1 saturated heterocycles. The van der Waals surface area contributed by atoms with Crippen LogP contribution in [0.1, 0.15) is 39.2 Å². The van der Waals surface area contributed by atoms with E-state index in [4.69, 9.17) is 4.74 Å². The minimum absolute atomic E-state index is 0.0217. The zero-order chi connectivity index (χ0) is 20.0. The first-order valence-corrected chi connectivity index (χ1v) is 8.67. The van der Waals surface area contributed by atoms with Gasteiger partial charge in [0.05, 0.1) is 11.0 Å². The molecule has 0 saturated carbocycles. The molecule has 1 aromatic carbocycles. The molecule has 8 nitrogen and oxygen atoms in total. The first kappa shape index (κ1) is 20.2. The predicted octanol–water partition coefficient (Wildman–Crippen LogP) is 2.37. The van der Waals surface area contributed by atoms with Crippen molar-refractivity contribution in [1.82, 2.24) is 10.6 Å². The van der Waals surface area contributed by atoms with Crippen LogP contribution in [0.5, 0.6) is 0 Å². The molecule has 1 aromatic rings. The van der Waals surface area contributed by atoms with Crippen LogP contribution in [0.2, 0.25) is 0 Å². The lowest BCUT2D eigenvalue weighted by Crippen LogP contribution is -2.40. The van der Waals surface area contributed by atoms with E-state index in [1.807, 2.05) is 0 Å². The van der Waals surface area contributed by atoms with Crippen molar-refractivity contribution in [3.63, 3.8) is 0 Å². The van der Waals surface area contributed by atoms with E-state index in [0.29, 0.717) is 24.9 Å². The van der Waals surface area contributed by atoms with Crippen molar-refractivity contribution in [2.45, 2.75) is 45.3 Å². The highest BCUT2D eigenvalue weighted by Gasteiger charge is 2.28. The van der Waals surface area contributed by atoms with Gasteiger partial charge < -0.3 is 15.4 Å². The molecule has 0 aliphatic carbocycles. The molecule has 0 radical (unpaired) electrons. The van der Waals surface area contributed by atoms with Gasteiger partial charge >= 0.3 is 6.09 Å². The molecule has 2 amide bonds. The van der Waals surface area contributed by atoms with E-state index in [0.717, 1.165) is 0 Å². The Labute approximate surface area is 157 Å². The quantitative estimate of drug-likeness (QED) is 0.478. The number of nitro groups is 1. The highest BCUT2D eigenvalue weighted by atomic mass is 16.6. The fraction of sp³-hybridized carbons (Fsp3) is 0.474. The van der Waals surface area contributed by atoms with Crippen molar-refractivity contribution >= 4 is 17.7 Å². The lowest BCUT2D eigenvalue weighted by atomic mass is 9.98. The van der Waals surface area contributed by atoms with Gasteiger partial charge in [0.2, 0.25) is 5.91 Å². The maximum absolute atomic E-state index is 12.1. The summed E-state index contributed by atoms with van der Waals surface area (Å²) in [6.07, 6.45) is 0.444. The second-order valence-electron chi connectivity index (χ2n) is 7.28. The molecule has 2 atom stereocenters. The number of benzene rings is 1. The third-order valence-electron chi connectivity index (χ3n) is 3.84. The Balaban J connectivity index is 2.12. The van der Waals surface area contributed by atoms with E-state index >= 15 is 0 Å². The molecule has 1 heterocycles. The summed E-state index contributed by atoms with van der Waals surface area (Å²) in [6.45, 7) is 5.89. The minimum Gasteiger partial charge on any atom is -0.444 e. The van der Waals surface area contributed by atoms with Crippen LogP contribution in [-0.2, 0) is 9.53 Å². The van der Waals surface area contributed by atoms with Gasteiger partial charge in [-0.05, 0) is 45.7 Å². The van der Waals surface area contributed by atoms with Gasteiger partial charge in [-0.3, -0.25) is 14.9 Å². The Morgan fingerprint density at radius 2 is 2.07 bits per heavy atom. The van der Waals surface area contributed by atoms with Crippen LogP contribution in [0, 0.1) is 27.9 Å². The molecule has 144 valence electrons. The molecule has 0 spiro atoms. The van der Waals surface area contributed by atoms with Gasteiger partial charge in [0, 0.05) is 30.2 Å². The van der Waals surface area contributed by atoms with Gasteiger partial charge in [0.25, 0.3) is 5.69 Å². The summed E-state index contributed by atoms with van der Waals surface area (Å²) in [6, 6.07) is 5.23. The van der Waals surface area contributed by atoms with Crippen molar-refractivity contribution in [3.05, 3.63) is 39.9 Å². The van der Waals surface area contributed by atoms with E-state index in [1.54, 1.807) is 20.8 Å². The van der Waals surface area contributed by atoms with Gasteiger partial charge in [0.1, 0.15) is 5.60 Å². The van der Waals surface area contributed by atoms with Crippen LogP contribution in [0.4, 0.5) is 10.5 Å². The molecule has 27 heavy (non-hydrogen) atoms. The molecular weight excluding hydrogens is 350 g/mol. The zero-order valence-electron chi connectivity index (χ0n) is 15.6. The summed E-state index contributed by atoms with van der Waals surface area (Å²) in [5.74, 6) is 5.55. The summed E-state index contributed by atoms with van der Waals surface area (Å²) in [7, 11) is 0. The number of ether oxygens (including phenoxy) is 1. The fourth-order valence-electron chi connectivity index (χ4n) is 2.60. The smallest absolute Gasteiger partial charge is 0.408 e. The average Bonchev–Trinajstić information content (AvgIpc) is 2.96. The Morgan fingerprint density at radius 3 is 2.59 bits per heavy atom. The topological polar surface area (TPSA) is 111 Å². The maximum atomic E-state index is 12.1. The van der Waals surface area contributed by atoms with Gasteiger partial charge in [-0.2, -0.15) is 0 Å². The van der Waals surface area contributed by atoms with Crippen LogP contribution in [0.3, 0.4) is 0 Å². The second kappa shape index (κ2) is 8.54. The Hall–Kier alpha value is -3.08. The van der Waals surface area contributed by atoms with Crippen LogP contribution >= 0.6 is 0 Å². The summed E-state index contributed by atoms with van der Waals surface area (Å²) < 4.78 is 5.26. The molecule has 1 fully saturated rings. The number of nitrogens with zero attached hydrogens (tertiary/aromatic N) is 1. The molecule has 0 aromatic heterocycles. The number of non-ortho nitro benzene ring substituents is 1. The number of nitro benzene ring substituents is 1. The Morgan fingerprint density at radius 1 is 1.41 bits per heavy atom. The third-order valence-corrected chi connectivity index (χ3v) is 3.84. The lowest BCUT2D eigenvalue weighted by molar-refractivity contribution is -0.384. The second-order valence-corrected chi connectivity index (χ2v) is 7.28. The summed E-state index contributed by atoms with van der Waals surface area (Å²) in [4.78, 5) is 34.1. The standard InChI is InChI=1S/C19H23N3O5/c1-19(2,3)27-18(24)21-15(12-14-10-11-20-17(14)23)7-4-13-5-8-16(9-6-13)22(25)26/h5-6,8-9,14-15H,10-12H2,1-3H3,(H,20,23)(H,21,24)/t14-,15+/m0/s1. The van der Waals surface area contributed by atoms with Crippen LogP contribution in [-0.4, -0.2) is 35.1 Å². The summed E-state index contributed by atoms with van der Waals surface area (Å²) in [5, 5.41) is 16.2. The summed E-state index contributed by atoms with van der Waals surface area (Å²) >= 11 is 0. The van der Waals surface area contributed by atoms with Gasteiger partial charge in [-0.1, -0.05) is 11.8 Å². The van der Waals surface area contributed by atoms with Crippen LogP contribution in [0.25, 0.3) is 0 Å². The molecular formula is C19H23N3O5. The first-order chi connectivity index (χ1) is 12.6. The zero-order valence-corrected chi connectivity index (χ0v) is 15.6. The highest BCUT2D eigenvalue weighted by Crippen LogP contribution is 2.17. The molecule has 0 unspecified atom stereocenters. The number of carbonyl (C=O) groups is 2. The summed E-state index contributed by atoms with van der Waals surface area (Å²) in [5.41, 5.74) is -0.0930. The minimum atomic E-state index is -0.648. The molecule has 2 N–H and O–H groups in total. The Kier molecular flexibility index (Phi) is 6.40.